The van der Waals surface area contributed by atoms with Crippen LogP contribution in [0.15, 0.2) is 29.4 Å². The van der Waals surface area contributed by atoms with Crippen LogP contribution in [0.1, 0.15) is 23.6 Å². The molecular weight excluding hydrogens is 190 g/mol. The third-order valence-corrected chi connectivity index (χ3v) is 2.53. The predicted octanol–water partition coefficient (Wildman–Crippen LogP) is 1.95. The standard InChI is InChI=1S/C11H9N3O/c1-2-9(11-13-6-12-7-14-11)5-10-8(1)3-4-15-10/h3-7H,1-2H2. The number of fused-ring (bicyclic) bond motifs is 1. The van der Waals surface area contributed by atoms with E-state index in [4.69, 9.17) is 4.42 Å². The lowest BCUT2D eigenvalue weighted by Crippen LogP contribution is -2.00. The summed E-state index contributed by atoms with van der Waals surface area (Å²) >= 11 is 0. The van der Waals surface area contributed by atoms with Gasteiger partial charge in [-0.2, -0.15) is 0 Å². The van der Waals surface area contributed by atoms with Crippen molar-refractivity contribution in [2.75, 3.05) is 0 Å². The Bertz CT molecular complexity index is 502. The van der Waals surface area contributed by atoms with Gasteiger partial charge in [0, 0.05) is 5.57 Å². The summed E-state index contributed by atoms with van der Waals surface area (Å²) in [6.45, 7) is 0. The molecule has 0 unspecified atom stereocenters. The van der Waals surface area contributed by atoms with E-state index in [-0.39, 0.29) is 0 Å². The maximum Gasteiger partial charge on any atom is 0.158 e. The highest BCUT2D eigenvalue weighted by Gasteiger charge is 2.15. The van der Waals surface area contributed by atoms with Crippen LogP contribution in [0.3, 0.4) is 0 Å². The molecule has 2 heterocycles. The van der Waals surface area contributed by atoms with Crippen molar-refractivity contribution in [3.63, 3.8) is 0 Å². The molecule has 1 aliphatic carbocycles. The number of aromatic nitrogens is 3. The van der Waals surface area contributed by atoms with Gasteiger partial charge in [-0.1, -0.05) is 0 Å². The Morgan fingerprint density at radius 3 is 2.87 bits per heavy atom. The van der Waals surface area contributed by atoms with Gasteiger partial charge in [-0.15, -0.1) is 0 Å². The van der Waals surface area contributed by atoms with E-state index >= 15 is 0 Å². The highest BCUT2D eigenvalue weighted by atomic mass is 16.3. The summed E-state index contributed by atoms with van der Waals surface area (Å²) in [5.74, 6) is 1.67. The number of hydrogen-bond donors (Lipinski definition) is 0. The summed E-state index contributed by atoms with van der Waals surface area (Å²) in [6, 6.07) is 2.01. The van der Waals surface area contributed by atoms with E-state index in [1.165, 1.54) is 18.2 Å². The number of hydrogen-bond acceptors (Lipinski definition) is 4. The fourth-order valence-electron chi connectivity index (χ4n) is 1.76. The molecule has 74 valence electrons. The topological polar surface area (TPSA) is 51.8 Å². The van der Waals surface area contributed by atoms with Gasteiger partial charge in [0.05, 0.1) is 6.26 Å². The molecule has 0 spiro atoms. The first-order valence-electron chi connectivity index (χ1n) is 4.83. The summed E-state index contributed by atoms with van der Waals surface area (Å²) in [6.07, 6.45) is 8.70. The van der Waals surface area contributed by atoms with Gasteiger partial charge in [0.25, 0.3) is 0 Å². The third-order valence-electron chi connectivity index (χ3n) is 2.53. The molecule has 0 atom stereocenters. The second kappa shape index (κ2) is 3.31. The van der Waals surface area contributed by atoms with E-state index in [0.717, 1.165) is 30.0 Å². The van der Waals surface area contributed by atoms with E-state index in [1.807, 2.05) is 12.1 Å². The van der Waals surface area contributed by atoms with E-state index in [2.05, 4.69) is 15.0 Å². The minimum atomic E-state index is 0.743. The highest BCUT2D eigenvalue weighted by molar-refractivity contribution is 5.79. The fourth-order valence-corrected chi connectivity index (χ4v) is 1.76. The molecule has 1 aliphatic rings. The zero-order chi connectivity index (χ0) is 10.1. The summed E-state index contributed by atoms with van der Waals surface area (Å²) in [4.78, 5) is 12.1. The summed E-state index contributed by atoms with van der Waals surface area (Å²) in [7, 11) is 0. The molecule has 2 aromatic rings. The average molecular weight is 199 g/mol. The van der Waals surface area contributed by atoms with Gasteiger partial charge in [-0.25, -0.2) is 15.0 Å². The zero-order valence-electron chi connectivity index (χ0n) is 8.05. The predicted molar refractivity (Wildman–Crippen MR) is 54.7 cm³/mol. The molecule has 15 heavy (non-hydrogen) atoms. The Kier molecular flexibility index (Phi) is 1.84. The number of furan rings is 1. The second-order valence-corrected chi connectivity index (χ2v) is 3.44. The first-order chi connectivity index (χ1) is 7.43. The molecule has 0 bridgehead atoms. The van der Waals surface area contributed by atoms with Crippen LogP contribution in [-0.2, 0) is 6.42 Å². The van der Waals surface area contributed by atoms with Gasteiger partial charge in [0.15, 0.2) is 5.82 Å². The molecule has 4 heteroatoms. The largest absolute Gasteiger partial charge is 0.465 e. The molecule has 0 saturated carbocycles. The molecule has 0 aliphatic heterocycles. The molecule has 0 aromatic carbocycles. The molecule has 0 amide bonds. The Labute approximate surface area is 86.7 Å². The number of aryl methyl sites for hydroxylation is 1. The van der Waals surface area contributed by atoms with E-state index in [1.54, 1.807) is 6.26 Å². The van der Waals surface area contributed by atoms with Crippen LogP contribution in [-0.4, -0.2) is 15.0 Å². The summed E-state index contributed by atoms with van der Waals surface area (Å²) in [5, 5.41) is 0. The number of rotatable bonds is 1. The quantitative estimate of drug-likeness (QED) is 0.704. The Morgan fingerprint density at radius 2 is 2.00 bits per heavy atom. The molecule has 0 N–H and O–H groups in total. The van der Waals surface area contributed by atoms with Crippen LogP contribution in [0.5, 0.6) is 0 Å². The van der Waals surface area contributed by atoms with E-state index in [0.29, 0.717) is 0 Å². The van der Waals surface area contributed by atoms with Gasteiger partial charge in [-0.05, 0) is 30.5 Å². The highest BCUT2D eigenvalue weighted by Crippen LogP contribution is 2.28. The van der Waals surface area contributed by atoms with Crippen LogP contribution in [0.25, 0.3) is 11.6 Å². The van der Waals surface area contributed by atoms with Crippen molar-refractivity contribution in [1.82, 2.24) is 15.0 Å². The van der Waals surface area contributed by atoms with Crippen molar-refractivity contribution >= 4 is 11.6 Å². The van der Waals surface area contributed by atoms with Gasteiger partial charge in [0.1, 0.15) is 18.4 Å². The van der Waals surface area contributed by atoms with Crippen LogP contribution >= 0.6 is 0 Å². The third kappa shape index (κ3) is 1.44. The van der Waals surface area contributed by atoms with Crippen LogP contribution in [0.4, 0.5) is 0 Å². The minimum Gasteiger partial charge on any atom is -0.465 e. The number of nitrogens with zero attached hydrogens (tertiary/aromatic N) is 3. The van der Waals surface area contributed by atoms with Crippen molar-refractivity contribution in [2.45, 2.75) is 12.8 Å². The van der Waals surface area contributed by atoms with Gasteiger partial charge in [0.2, 0.25) is 0 Å². The molecular formula is C11H9N3O. The zero-order valence-corrected chi connectivity index (χ0v) is 8.05. The maximum atomic E-state index is 5.36. The maximum absolute atomic E-state index is 5.36. The minimum absolute atomic E-state index is 0.743. The SMILES string of the molecule is C1=C(c2ncncn2)CCc2ccoc21. The smallest absolute Gasteiger partial charge is 0.158 e. The van der Waals surface area contributed by atoms with Gasteiger partial charge < -0.3 is 4.42 Å². The molecule has 4 nitrogen and oxygen atoms in total. The normalized spacial score (nSPS) is 14.5. The van der Waals surface area contributed by atoms with Crippen LogP contribution < -0.4 is 0 Å². The van der Waals surface area contributed by atoms with Gasteiger partial charge in [-0.3, -0.25) is 0 Å². The van der Waals surface area contributed by atoms with Gasteiger partial charge >= 0.3 is 0 Å². The molecule has 0 fully saturated rings. The lowest BCUT2D eigenvalue weighted by molar-refractivity contribution is 0.551. The average Bonchev–Trinajstić information content (AvgIpc) is 2.77. The van der Waals surface area contributed by atoms with Crippen LogP contribution in [0.2, 0.25) is 0 Å². The van der Waals surface area contributed by atoms with Crippen molar-refractivity contribution in [1.29, 1.82) is 0 Å². The molecule has 0 saturated heterocycles. The summed E-state index contributed by atoms with van der Waals surface area (Å²) < 4.78 is 5.36. The first-order valence-corrected chi connectivity index (χ1v) is 4.83. The Balaban J connectivity index is 2.04. The molecule has 2 aromatic heterocycles. The lowest BCUT2D eigenvalue weighted by Gasteiger charge is -2.10. The van der Waals surface area contributed by atoms with Crippen molar-refractivity contribution in [2.24, 2.45) is 0 Å². The Morgan fingerprint density at radius 1 is 1.13 bits per heavy atom. The van der Waals surface area contributed by atoms with Crippen molar-refractivity contribution in [3.8, 4) is 0 Å². The van der Waals surface area contributed by atoms with E-state index < -0.39 is 0 Å². The monoisotopic (exact) mass is 199 g/mol. The van der Waals surface area contributed by atoms with Crippen molar-refractivity contribution < 1.29 is 4.42 Å². The second-order valence-electron chi connectivity index (χ2n) is 3.44. The first kappa shape index (κ1) is 8.35. The fraction of sp³-hybridized carbons (Fsp3) is 0.182. The lowest BCUT2D eigenvalue weighted by atomic mass is 9.97. The van der Waals surface area contributed by atoms with Crippen molar-refractivity contribution in [3.05, 3.63) is 42.1 Å². The molecule has 3 rings (SSSR count). The number of allylic oxidation sites excluding steroid dienone is 1. The molecule has 0 radical (unpaired) electrons. The van der Waals surface area contributed by atoms with Crippen LogP contribution in [0, 0.1) is 0 Å². The Hall–Kier alpha value is -1.97. The van der Waals surface area contributed by atoms with E-state index in [9.17, 15) is 0 Å². The summed E-state index contributed by atoms with van der Waals surface area (Å²) in [5.41, 5.74) is 2.37.